The van der Waals surface area contributed by atoms with Gasteiger partial charge in [0.25, 0.3) is 0 Å². The van der Waals surface area contributed by atoms with Crippen LogP contribution in [-0.2, 0) is 9.53 Å². The Morgan fingerprint density at radius 3 is 2.33 bits per heavy atom. The van der Waals surface area contributed by atoms with E-state index < -0.39 is 0 Å². The number of carbonyl (C=O) groups excluding carboxylic acids is 1. The average molecular weight is 215 g/mol. The Labute approximate surface area is 93.8 Å². The molecule has 0 atom stereocenters. The Hall–Kier alpha value is -0.410. The summed E-state index contributed by atoms with van der Waals surface area (Å²) in [6, 6.07) is 0. The third-order valence-corrected chi connectivity index (χ3v) is 2.78. The zero-order valence-electron chi connectivity index (χ0n) is 10.8. The number of hydrogen-bond acceptors (Lipinski definition) is 3. The standard InChI is InChI=1S/C12H25NO2/c1-6-13(8-9-15-7-2)10-12(4,5)11(3)14/h6-10H2,1-5H3. The number of Topliss-reactive ketones (excluding diaryl/α,β-unsaturated/α-hetero) is 1. The molecule has 0 unspecified atom stereocenters. The Morgan fingerprint density at radius 1 is 1.33 bits per heavy atom. The second-order valence-corrected chi connectivity index (χ2v) is 4.51. The second kappa shape index (κ2) is 6.96. The van der Waals surface area contributed by atoms with Gasteiger partial charge in [0.15, 0.2) is 0 Å². The van der Waals surface area contributed by atoms with Crippen LogP contribution in [0.25, 0.3) is 0 Å². The summed E-state index contributed by atoms with van der Waals surface area (Å²) in [7, 11) is 0. The minimum absolute atomic E-state index is 0.248. The van der Waals surface area contributed by atoms with E-state index in [0.29, 0.717) is 0 Å². The maximum absolute atomic E-state index is 11.4. The van der Waals surface area contributed by atoms with Crippen molar-refractivity contribution in [3.8, 4) is 0 Å². The molecular weight excluding hydrogens is 190 g/mol. The monoisotopic (exact) mass is 215 g/mol. The molecular formula is C12H25NO2. The van der Waals surface area contributed by atoms with Crippen molar-refractivity contribution < 1.29 is 9.53 Å². The fraction of sp³-hybridized carbons (Fsp3) is 0.917. The van der Waals surface area contributed by atoms with Crippen LogP contribution in [0.2, 0.25) is 0 Å². The number of hydrogen-bond donors (Lipinski definition) is 0. The van der Waals surface area contributed by atoms with Gasteiger partial charge < -0.3 is 9.64 Å². The van der Waals surface area contributed by atoms with Crippen LogP contribution in [0, 0.1) is 5.41 Å². The Morgan fingerprint density at radius 2 is 1.93 bits per heavy atom. The predicted molar refractivity (Wildman–Crippen MR) is 63.1 cm³/mol. The van der Waals surface area contributed by atoms with Gasteiger partial charge in [-0.3, -0.25) is 4.79 Å². The SMILES string of the molecule is CCOCCN(CC)CC(C)(C)C(C)=O. The molecule has 0 saturated heterocycles. The summed E-state index contributed by atoms with van der Waals surface area (Å²) in [6.45, 7) is 14.0. The van der Waals surface area contributed by atoms with Crippen LogP contribution in [0.3, 0.4) is 0 Å². The summed E-state index contributed by atoms with van der Waals surface area (Å²) in [5, 5.41) is 0. The third kappa shape index (κ3) is 5.90. The fourth-order valence-electron chi connectivity index (χ4n) is 1.36. The molecule has 0 amide bonds. The lowest BCUT2D eigenvalue weighted by Gasteiger charge is -2.29. The quantitative estimate of drug-likeness (QED) is 0.580. The molecule has 0 rings (SSSR count). The summed E-state index contributed by atoms with van der Waals surface area (Å²) >= 11 is 0. The van der Waals surface area contributed by atoms with Gasteiger partial charge in [-0.2, -0.15) is 0 Å². The highest BCUT2D eigenvalue weighted by Gasteiger charge is 2.25. The molecule has 0 aliphatic heterocycles. The topological polar surface area (TPSA) is 29.5 Å². The van der Waals surface area contributed by atoms with Crippen molar-refractivity contribution in [1.82, 2.24) is 4.90 Å². The maximum Gasteiger partial charge on any atom is 0.136 e. The number of ether oxygens (including phenoxy) is 1. The molecule has 0 saturated carbocycles. The van der Waals surface area contributed by atoms with Crippen molar-refractivity contribution in [2.75, 3.05) is 32.8 Å². The predicted octanol–water partition coefficient (Wildman–Crippen LogP) is 1.96. The average Bonchev–Trinajstić information content (AvgIpc) is 2.16. The first kappa shape index (κ1) is 14.6. The third-order valence-electron chi connectivity index (χ3n) is 2.78. The van der Waals surface area contributed by atoms with Gasteiger partial charge in [0.2, 0.25) is 0 Å². The number of ketones is 1. The smallest absolute Gasteiger partial charge is 0.136 e. The van der Waals surface area contributed by atoms with E-state index >= 15 is 0 Å². The van der Waals surface area contributed by atoms with E-state index in [9.17, 15) is 4.79 Å². The molecule has 3 nitrogen and oxygen atoms in total. The summed E-state index contributed by atoms with van der Waals surface area (Å²) < 4.78 is 5.31. The van der Waals surface area contributed by atoms with E-state index in [1.54, 1.807) is 6.92 Å². The number of carbonyl (C=O) groups is 1. The van der Waals surface area contributed by atoms with E-state index in [-0.39, 0.29) is 11.2 Å². The molecule has 0 aliphatic rings. The normalized spacial score (nSPS) is 12.1. The Balaban J connectivity index is 4.03. The highest BCUT2D eigenvalue weighted by Crippen LogP contribution is 2.17. The van der Waals surface area contributed by atoms with Crippen LogP contribution in [0.5, 0.6) is 0 Å². The molecule has 0 bridgehead atoms. The van der Waals surface area contributed by atoms with Crippen LogP contribution >= 0.6 is 0 Å². The summed E-state index contributed by atoms with van der Waals surface area (Å²) in [4.78, 5) is 13.6. The van der Waals surface area contributed by atoms with Crippen LogP contribution in [0.15, 0.2) is 0 Å². The van der Waals surface area contributed by atoms with Crippen LogP contribution in [0.1, 0.15) is 34.6 Å². The van der Waals surface area contributed by atoms with Crippen molar-refractivity contribution in [3.05, 3.63) is 0 Å². The number of rotatable bonds is 8. The van der Waals surface area contributed by atoms with E-state index in [0.717, 1.165) is 32.8 Å². The Kier molecular flexibility index (Phi) is 6.77. The lowest BCUT2D eigenvalue weighted by molar-refractivity contribution is -0.125. The lowest BCUT2D eigenvalue weighted by Crippen LogP contribution is -2.39. The zero-order chi connectivity index (χ0) is 11.9. The first-order valence-electron chi connectivity index (χ1n) is 5.75. The second-order valence-electron chi connectivity index (χ2n) is 4.51. The molecule has 0 N–H and O–H groups in total. The van der Waals surface area contributed by atoms with Crippen LogP contribution in [-0.4, -0.2) is 43.5 Å². The van der Waals surface area contributed by atoms with Gasteiger partial charge in [-0.15, -0.1) is 0 Å². The molecule has 15 heavy (non-hydrogen) atoms. The molecule has 0 aromatic carbocycles. The van der Waals surface area contributed by atoms with E-state index in [1.807, 2.05) is 20.8 Å². The maximum atomic E-state index is 11.4. The lowest BCUT2D eigenvalue weighted by atomic mass is 9.88. The van der Waals surface area contributed by atoms with Gasteiger partial charge in [0.1, 0.15) is 5.78 Å². The van der Waals surface area contributed by atoms with Gasteiger partial charge in [-0.05, 0) is 20.4 Å². The molecule has 90 valence electrons. The van der Waals surface area contributed by atoms with Crippen molar-refractivity contribution in [1.29, 1.82) is 0 Å². The van der Waals surface area contributed by atoms with Crippen molar-refractivity contribution in [3.63, 3.8) is 0 Å². The zero-order valence-corrected chi connectivity index (χ0v) is 10.8. The largest absolute Gasteiger partial charge is 0.380 e. The van der Waals surface area contributed by atoms with E-state index in [2.05, 4.69) is 11.8 Å². The highest BCUT2D eigenvalue weighted by atomic mass is 16.5. The summed E-state index contributed by atoms with van der Waals surface area (Å²) in [5.74, 6) is 0.248. The van der Waals surface area contributed by atoms with Crippen LogP contribution in [0.4, 0.5) is 0 Å². The molecule has 0 fully saturated rings. The van der Waals surface area contributed by atoms with Gasteiger partial charge in [-0.25, -0.2) is 0 Å². The minimum Gasteiger partial charge on any atom is -0.380 e. The Bertz CT molecular complexity index is 190. The van der Waals surface area contributed by atoms with Gasteiger partial charge in [0, 0.05) is 25.1 Å². The first-order valence-corrected chi connectivity index (χ1v) is 5.75. The molecule has 3 heteroatoms. The van der Waals surface area contributed by atoms with Crippen LogP contribution < -0.4 is 0 Å². The minimum atomic E-state index is -0.248. The first-order chi connectivity index (χ1) is 6.94. The van der Waals surface area contributed by atoms with Gasteiger partial charge >= 0.3 is 0 Å². The number of nitrogens with zero attached hydrogens (tertiary/aromatic N) is 1. The van der Waals surface area contributed by atoms with E-state index in [4.69, 9.17) is 4.74 Å². The van der Waals surface area contributed by atoms with Crippen molar-refractivity contribution in [2.45, 2.75) is 34.6 Å². The number of likely N-dealkylation sites (N-methyl/N-ethyl adjacent to an activating group) is 1. The highest BCUT2D eigenvalue weighted by molar-refractivity contribution is 5.81. The molecule has 0 aliphatic carbocycles. The summed E-state index contributed by atoms with van der Waals surface area (Å²) in [6.07, 6.45) is 0. The molecule has 0 aromatic heterocycles. The van der Waals surface area contributed by atoms with Crippen molar-refractivity contribution >= 4 is 5.78 Å². The van der Waals surface area contributed by atoms with Crippen molar-refractivity contribution in [2.24, 2.45) is 5.41 Å². The van der Waals surface area contributed by atoms with Gasteiger partial charge in [-0.1, -0.05) is 20.8 Å². The molecule has 0 aromatic rings. The summed E-state index contributed by atoms with van der Waals surface area (Å²) in [5.41, 5.74) is -0.248. The fourth-order valence-corrected chi connectivity index (χ4v) is 1.36. The van der Waals surface area contributed by atoms with Gasteiger partial charge in [0.05, 0.1) is 6.61 Å². The molecule has 0 radical (unpaired) electrons. The van der Waals surface area contributed by atoms with E-state index in [1.165, 1.54) is 0 Å². The molecule has 0 spiro atoms. The molecule has 0 heterocycles.